The summed E-state index contributed by atoms with van der Waals surface area (Å²) < 4.78 is 0. The van der Waals surface area contributed by atoms with Crippen molar-refractivity contribution in [3.8, 4) is 0 Å². The van der Waals surface area contributed by atoms with Crippen molar-refractivity contribution < 1.29 is 0 Å². The predicted molar refractivity (Wildman–Crippen MR) is 90.7 cm³/mol. The van der Waals surface area contributed by atoms with E-state index >= 15 is 0 Å². The second kappa shape index (κ2) is 6.78. The van der Waals surface area contributed by atoms with Gasteiger partial charge in [-0.25, -0.2) is 0 Å². The summed E-state index contributed by atoms with van der Waals surface area (Å²) in [6, 6.07) is 2.80. The van der Waals surface area contributed by atoms with Gasteiger partial charge in [0.1, 0.15) is 0 Å². The summed E-state index contributed by atoms with van der Waals surface area (Å²) >= 11 is 0. The highest BCUT2D eigenvalue weighted by molar-refractivity contribution is 5.52. The van der Waals surface area contributed by atoms with Crippen molar-refractivity contribution in [2.45, 2.75) is 71.5 Å². The SMILES string of the molecule is CC1CCCCC1N(C)c1cnccc1CNC(C)(C)C. The maximum absolute atomic E-state index is 4.36. The molecule has 0 amide bonds. The minimum atomic E-state index is 0.136. The van der Waals surface area contributed by atoms with E-state index in [1.807, 2.05) is 12.4 Å². The van der Waals surface area contributed by atoms with Crippen LogP contribution in [0.3, 0.4) is 0 Å². The lowest BCUT2D eigenvalue weighted by Crippen LogP contribution is -2.40. The van der Waals surface area contributed by atoms with E-state index < -0.39 is 0 Å². The first-order valence-corrected chi connectivity index (χ1v) is 8.29. The van der Waals surface area contributed by atoms with Crippen molar-refractivity contribution in [3.63, 3.8) is 0 Å². The molecule has 0 radical (unpaired) electrons. The fraction of sp³-hybridized carbons (Fsp3) is 0.722. The van der Waals surface area contributed by atoms with Crippen LogP contribution in [0.2, 0.25) is 0 Å². The molecule has 0 bridgehead atoms. The molecule has 21 heavy (non-hydrogen) atoms. The van der Waals surface area contributed by atoms with Crippen LogP contribution in [0.15, 0.2) is 18.5 Å². The maximum Gasteiger partial charge on any atom is 0.0598 e. The Balaban J connectivity index is 2.14. The van der Waals surface area contributed by atoms with E-state index in [0.29, 0.717) is 6.04 Å². The molecule has 0 aromatic carbocycles. The first kappa shape index (κ1) is 16.3. The molecular formula is C18H31N3. The van der Waals surface area contributed by atoms with Gasteiger partial charge in [0.15, 0.2) is 0 Å². The Morgan fingerprint density at radius 2 is 2.00 bits per heavy atom. The molecule has 2 rings (SSSR count). The van der Waals surface area contributed by atoms with E-state index in [2.05, 4.69) is 56.0 Å². The summed E-state index contributed by atoms with van der Waals surface area (Å²) in [5.41, 5.74) is 2.77. The Morgan fingerprint density at radius 3 is 2.67 bits per heavy atom. The van der Waals surface area contributed by atoms with Crippen LogP contribution >= 0.6 is 0 Å². The van der Waals surface area contributed by atoms with E-state index in [9.17, 15) is 0 Å². The number of nitrogens with zero attached hydrogens (tertiary/aromatic N) is 2. The lowest BCUT2D eigenvalue weighted by atomic mass is 9.85. The quantitative estimate of drug-likeness (QED) is 0.908. The highest BCUT2D eigenvalue weighted by Gasteiger charge is 2.26. The smallest absolute Gasteiger partial charge is 0.0598 e. The van der Waals surface area contributed by atoms with Gasteiger partial charge in [-0.1, -0.05) is 19.8 Å². The first-order valence-electron chi connectivity index (χ1n) is 8.29. The molecule has 2 atom stereocenters. The molecule has 1 saturated carbocycles. The molecule has 3 heteroatoms. The molecule has 118 valence electrons. The molecule has 1 aromatic heterocycles. The standard InChI is InChI=1S/C18H31N3/c1-14-8-6-7-9-16(14)21(5)17-13-19-11-10-15(17)12-20-18(2,3)4/h10-11,13-14,16,20H,6-9,12H2,1-5H3. The molecule has 1 aliphatic rings. The van der Waals surface area contributed by atoms with Crippen molar-refractivity contribution >= 4 is 5.69 Å². The van der Waals surface area contributed by atoms with Gasteiger partial charge in [0.2, 0.25) is 0 Å². The predicted octanol–water partition coefficient (Wildman–Crippen LogP) is 3.98. The van der Waals surface area contributed by atoms with Gasteiger partial charge in [-0.05, 0) is 51.2 Å². The zero-order valence-electron chi connectivity index (χ0n) is 14.3. The van der Waals surface area contributed by atoms with Gasteiger partial charge < -0.3 is 10.2 Å². The number of nitrogens with one attached hydrogen (secondary N) is 1. The van der Waals surface area contributed by atoms with Crippen molar-refractivity contribution in [2.75, 3.05) is 11.9 Å². The van der Waals surface area contributed by atoms with Crippen molar-refractivity contribution in [2.24, 2.45) is 5.92 Å². The number of hydrogen-bond acceptors (Lipinski definition) is 3. The van der Waals surface area contributed by atoms with Gasteiger partial charge in [-0.2, -0.15) is 0 Å². The van der Waals surface area contributed by atoms with Gasteiger partial charge >= 0.3 is 0 Å². The van der Waals surface area contributed by atoms with Crippen LogP contribution in [0.5, 0.6) is 0 Å². The van der Waals surface area contributed by atoms with Crippen LogP contribution in [-0.2, 0) is 6.54 Å². The summed E-state index contributed by atoms with van der Waals surface area (Å²) in [7, 11) is 2.24. The number of pyridine rings is 1. The Bertz CT molecular complexity index is 450. The van der Waals surface area contributed by atoms with Gasteiger partial charge in [-0.15, -0.1) is 0 Å². The minimum absolute atomic E-state index is 0.136. The third-order valence-corrected chi connectivity index (χ3v) is 4.64. The molecule has 3 nitrogen and oxygen atoms in total. The number of aromatic nitrogens is 1. The maximum atomic E-state index is 4.36. The third-order valence-electron chi connectivity index (χ3n) is 4.64. The zero-order valence-corrected chi connectivity index (χ0v) is 14.3. The Hall–Kier alpha value is -1.09. The summed E-state index contributed by atoms with van der Waals surface area (Å²) in [4.78, 5) is 6.83. The van der Waals surface area contributed by atoms with Crippen LogP contribution in [0, 0.1) is 5.92 Å². The molecule has 0 aliphatic heterocycles. The molecule has 2 unspecified atom stereocenters. The molecule has 1 aromatic rings. The summed E-state index contributed by atoms with van der Waals surface area (Å²) in [6.07, 6.45) is 9.33. The largest absolute Gasteiger partial charge is 0.370 e. The van der Waals surface area contributed by atoms with Crippen LogP contribution in [0.25, 0.3) is 0 Å². The molecule has 0 saturated heterocycles. The monoisotopic (exact) mass is 289 g/mol. The topological polar surface area (TPSA) is 28.2 Å². The van der Waals surface area contributed by atoms with Crippen LogP contribution in [0.4, 0.5) is 5.69 Å². The van der Waals surface area contributed by atoms with Crippen LogP contribution < -0.4 is 10.2 Å². The van der Waals surface area contributed by atoms with E-state index in [0.717, 1.165) is 12.5 Å². The zero-order chi connectivity index (χ0) is 15.5. The van der Waals surface area contributed by atoms with Crippen LogP contribution in [-0.4, -0.2) is 23.6 Å². The number of rotatable bonds is 4. The minimum Gasteiger partial charge on any atom is -0.370 e. The summed E-state index contributed by atoms with van der Waals surface area (Å²) in [5, 5.41) is 3.59. The highest BCUT2D eigenvalue weighted by Crippen LogP contribution is 2.31. The van der Waals surface area contributed by atoms with Crippen LogP contribution in [0.1, 0.15) is 58.9 Å². The van der Waals surface area contributed by atoms with E-state index in [4.69, 9.17) is 0 Å². The molecule has 1 aliphatic carbocycles. The number of hydrogen-bond donors (Lipinski definition) is 1. The van der Waals surface area contributed by atoms with Crippen molar-refractivity contribution in [3.05, 3.63) is 24.0 Å². The summed E-state index contributed by atoms with van der Waals surface area (Å²) in [6.45, 7) is 9.92. The second-order valence-corrected chi connectivity index (χ2v) is 7.55. The average molecular weight is 289 g/mol. The van der Waals surface area contributed by atoms with Gasteiger partial charge in [0.25, 0.3) is 0 Å². The lowest BCUT2D eigenvalue weighted by molar-refractivity contribution is 0.321. The van der Waals surface area contributed by atoms with Gasteiger partial charge in [0.05, 0.1) is 11.9 Å². The molecule has 1 heterocycles. The Kier molecular flexibility index (Phi) is 5.26. The first-order chi connectivity index (χ1) is 9.88. The van der Waals surface area contributed by atoms with E-state index in [-0.39, 0.29) is 5.54 Å². The molecular weight excluding hydrogens is 258 g/mol. The molecule has 1 N–H and O–H groups in total. The summed E-state index contributed by atoms with van der Waals surface area (Å²) in [5.74, 6) is 0.771. The average Bonchev–Trinajstić information content (AvgIpc) is 2.44. The van der Waals surface area contributed by atoms with Crippen molar-refractivity contribution in [1.82, 2.24) is 10.3 Å². The fourth-order valence-electron chi connectivity index (χ4n) is 3.29. The van der Waals surface area contributed by atoms with Gasteiger partial charge in [-0.3, -0.25) is 4.98 Å². The normalized spacial score (nSPS) is 23.1. The molecule has 0 spiro atoms. The Morgan fingerprint density at radius 1 is 1.29 bits per heavy atom. The number of anilines is 1. The molecule has 1 fully saturated rings. The highest BCUT2D eigenvalue weighted by atomic mass is 15.1. The van der Waals surface area contributed by atoms with E-state index in [1.54, 1.807) is 0 Å². The van der Waals surface area contributed by atoms with Crippen molar-refractivity contribution in [1.29, 1.82) is 0 Å². The van der Waals surface area contributed by atoms with E-state index in [1.165, 1.54) is 36.9 Å². The van der Waals surface area contributed by atoms with Gasteiger partial charge in [0, 0.05) is 31.4 Å². The fourth-order valence-corrected chi connectivity index (χ4v) is 3.29. The second-order valence-electron chi connectivity index (χ2n) is 7.55. The lowest BCUT2D eigenvalue weighted by Gasteiger charge is -2.38. The Labute approximate surface area is 130 Å². The third kappa shape index (κ3) is 4.44.